The number of hydrogen-bond acceptors (Lipinski definition) is 6. The first-order chi connectivity index (χ1) is 13.5. The third-order valence-corrected chi connectivity index (χ3v) is 6.11. The molecule has 0 amide bonds. The summed E-state index contributed by atoms with van der Waals surface area (Å²) >= 11 is 18.2. The van der Waals surface area contributed by atoms with Gasteiger partial charge in [0.2, 0.25) is 0 Å². The Morgan fingerprint density at radius 2 is 1.43 bits per heavy atom. The average Bonchev–Trinajstić information content (AvgIpc) is 3.35. The molecule has 0 saturated heterocycles. The molecule has 0 N–H and O–H groups in total. The van der Waals surface area contributed by atoms with Gasteiger partial charge in [0.25, 0.3) is 0 Å². The van der Waals surface area contributed by atoms with Gasteiger partial charge in [-0.1, -0.05) is 48.6 Å². The Labute approximate surface area is 190 Å². The van der Waals surface area contributed by atoms with Crippen LogP contribution in [-0.4, -0.2) is 25.8 Å². The maximum Gasteiger partial charge on any atom is 0.0972 e. The van der Waals surface area contributed by atoms with Crippen LogP contribution in [0.5, 0.6) is 0 Å². The SMILES string of the molecule is SC(S)N(Cc1cc[cH-]c1)Cc1cccc(CN(CC2C=CC=C2)C(S)S)c1. The summed E-state index contributed by atoms with van der Waals surface area (Å²) in [6.07, 6.45) is 8.63. The second kappa shape index (κ2) is 11.0. The molecule has 2 aromatic carbocycles. The van der Waals surface area contributed by atoms with E-state index in [4.69, 9.17) is 0 Å². The van der Waals surface area contributed by atoms with Crippen LogP contribution in [0.2, 0.25) is 0 Å². The van der Waals surface area contributed by atoms with Crippen molar-refractivity contribution in [2.75, 3.05) is 6.54 Å². The van der Waals surface area contributed by atoms with Crippen LogP contribution in [0, 0.1) is 5.92 Å². The van der Waals surface area contributed by atoms with Crippen LogP contribution in [0.1, 0.15) is 16.7 Å². The lowest BCUT2D eigenvalue weighted by Crippen LogP contribution is -2.31. The first-order valence-electron chi connectivity index (χ1n) is 9.35. The van der Waals surface area contributed by atoms with Crippen molar-refractivity contribution in [3.8, 4) is 0 Å². The quantitative estimate of drug-likeness (QED) is 0.225. The molecule has 0 unspecified atom stereocenters. The minimum atomic E-state index is -0.116. The molecule has 0 heterocycles. The van der Waals surface area contributed by atoms with Crippen molar-refractivity contribution in [1.29, 1.82) is 0 Å². The third-order valence-electron chi connectivity index (χ3n) is 4.81. The molecule has 2 nitrogen and oxygen atoms in total. The minimum absolute atomic E-state index is 0.0980. The van der Waals surface area contributed by atoms with E-state index in [2.05, 4.69) is 133 Å². The van der Waals surface area contributed by atoms with Gasteiger partial charge < -0.3 is 0 Å². The summed E-state index contributed by atoms with van der Waals surface area (Å²) in [6, 6.07) is 17.1. The Kier molecular flexibility index (Phi) is 8.63. The van der Waals surface area contributed by atoms with Gasteiger partial charge in [0, 0.05) is 25.6 Å². The van der Waals surface area contributed by atoms with Gasteiger partial charge in [0.1, 0.15) is 0 Å². The van der Waals surface area contributed by atoms with Gasteiger partial charge in [0.05, 0.1) is 9.41 Å². The normalized spacial score (nSPS) is 14.4. The summed E-state index contributed by atoms with van der Waals surface area (Å²) in [5.41, 5.74) is 3.80. The fraction of sp³-hybridized carbons (Fsp3) is 0.318. The van der Waals surface area contributed by atoms with Gasteiger partial charge >= 0.3 is 0 Å². The van der Waals surface area contributed by atoms with Crippen molar-refractivity contribution in [2.45, 2.75) is 29.0 Å². The fourth-order valence-corrected chi connectivity index (χ4v) is 4.06. The van der Waals surface area contributed by atoms with Gasteiger partial charge in [-0.05, 0) is 17.7 Å². The lowest BCUT2D eigenvalue weighted by Gasteiger charge is -2.29. The van der Waals surface area contributed by atoms with Crippen LogP contribution in [0.25, 0.3) is 0 Å². The topological polar surface area (TPSA) is 6.48 Å². The number of thiol groups is 4. The molecule has 0 spiro atoms. The zero-order valence-corrected chi connectivity index (χ0v) is 19.2. The van der Waals surface area contributed by atoms with Crippen molar-refractivity contribution < 1.29 is 0 Å². The highest BCUT2D eigenvalue weighted by Gasteiger charge is 2.17. The Balaban J connectivity index is 1.66. The van der Waals surface area contributed by atoms with Crippen molar-refractivity contribution in [2.24, 2.45) is 5.92 Å². The molecule has 6 heteroatoms. The molecule has 0 bridgehead atoms. The van der Waals surface area contributed by atoms with Crippen LogP contribution in [0.3, 0.4) is 0 Å². The molecule has 0 aliphatic heterocycles. The van der Waals surface area contributed by atoms with Crippen molar-refractivity contribution in [3.05, 3.63) is 89.5 Å². The lowest BCUT2D eigenvalue weighted by molar-refractivity contribution is 0.281. The van der Waals surface area contributed by atoms with Crippen molar-refractivity contribution in [1.82, 2.24) is 9.80 Å². The summed E-state index contributed by atoms with van der Waals surface area (Å²) in [6.45, 7) is 3.36. The predicted octanol–water partition coefficient (Wildman–Crippen LogP) is 5.24. The van der Waals surface area contributed by atoms with E-state index in [9.17, 15) is 0 Å². The molecule has 28 heavy (non-hydrogen) atoms. The zero-order valence-electron chi connectivity index (χ0n) is 15.7. The number of allylic oxidation sites excluding steroid dienone is 2. The number of benzene rings is 1. The van der Waals surface area contributed by atoms with Crippen LogP contribution in [0.15, 0.2) is 72.8 Å². The number of nitrogens with zero attached hydrogens (tertiary/aromatic N) is 2. The standard InChI is InChI=1S/C22H27N2S4/c25-21(26)23(13-17-6-1-2-7-17)15-19-10-5-11-20(12-19)16-24(22(27)28)14-18-8-3-4-9-18/h1-12,17,21-22,25-28H,13-16H2/q-1. The molecule has 150 valence electrons. The smallest absolute Gasteiger partial charge is 0.0972 e. The van der Waals surface area contributed by atoms with E-state index < -0.39 is 0 Å². The monoisotopic (exact) mass is 447 g/mol. The van der Waals surface area contributed by atoms with E-state index in [1.807, 2.05) is 0 Å². The second-order valence-corrected chi connectivity index (χ2v) is 9.85. The molecule has 0 aromatic heterocycles. The maximum absolute atomic E-state index is 4.57. The molecule has 0 atom stereocenters. The van der Waals surface area contributed by atoms with Gasteiger partial charge in [-0.25, -0.2) is 6.07 Å². The molecule has 0 saturated carbocycles. The van der Waals surface area contributed by atoms with Gasteiger partial charge in [0.15, 0.2) is 0 Å². The van der Waals surface area contributed by atoms with E-state index in [-0.39, 0.29) is 9.41 Å². The highest BCUT2D eigenvalue weighted by Crippen LogP contribution is 2.22. The van der Waals surface area contributed by atoms with Crippen molar-refractivity contribution >= 4 is 50.5 Å². The minimum Gasteiger partial charge on any atom is -0.287 e. The van der Waals surface area contributed by atoms with E-state index in [1.54, 1.807) is 0 Å². The number of rotatable bonds is 10. The molecule has 3 rings (SSSR count). The third kappa shape index (κ3) is 6.71. The van der Waals surface area contributed by atoms with Gasteiger partial charge in [-0.3, -0.25) is 9.80 Å². The molecule has 1 aliphatic rings. The number of hydrogen-bond donors (Lipinski definition) is 4. The first kappa shape index (κ1) is 22.1. The van der Waals surface area contributed by atoms with Gasteiger partial charge in [-0.15, -0.1) is 50.5 Å². The summed E-state index contributed by atoms with van der Waals surface area (Å²) in [5.74, 6) is 0.430. The van der Waals surface area contributed by atoms with E-state index in [0.29, 0.717) is 5.92 Å². The molecular weight excluding hydrogens is 421 g/mol. The predicted molar refractivity (Wildman–Crippen MR) is 133 cm³/mol. The summed E-state index contributed by atoms with van der Waals surface area (Å²) in [5, 5.41) is 0. The Hall–Kier alpha value is -0.630. The van der Waals surface area contributed by atoms with E-state index >= 15 is 0 Å². The fourth-order valence-electron chi connectivity index (χ4n) is 3.38. The molecule has 2 aromatic rings. The summed E-state index contributed by atoms with van der Waals surface area (Å²) in [4.78, 5) is 4.52. The second-order valence-electron chi connectivity index (χ2n) is 7.07. The first-order valence-corrected chi connectivity index (χ1v) is 11.4. The molecule has 0 fully saturated rings. The lowest BCUT2D eigenvalue weighted by atomic mass is 10.1. The van der Waals surface area contributed by atoms with Crippen LogP contribution in [0.4, 0.5) is 0 Å². The van der Waals surface area contributed by atoms with Crippen molar-refractivity contribution in [3.63, 3.8) is 0 Å². The highest BCUT2D eigenvalue weighted by molar-refractivity contribution is 7.99. The average molecular weight is 448 g/mol. The Morgan fingerprint density at radius 3 is 2.00 bits per heavy atom. The van der Waals surface area contributed by atoms with Gasteiger partial charge in [-0.2, -0.15) is 23.8 Å². The van der Waals surface area contributed by atoms with Crippen LogP contribution >= 0.6 is 50.5 Å². The largest absolute Gasteiger partial charge is 0.287 e. The maximum atomic E-state index is 4.57. The molecule has 0 radical (unpaired) electrons. The van der Waals surface area contributed by atoms with Crippen LogP contribution in [-0.2, 0) is 19.6 Å². The Bertz CT molecular complexity index is 772. The summed E-state index contributed by atoms with van der Waals surface area (Å²) in [7, 11) is 0. The van der Waals surface area contributed by atoms with E-state index in [1.165, 1.54) is 16.7 Å². The Morgan fingerprint density at radius 1 is 0.821 bits per heavy atom. The molecule has 1 aliphatic carbocycles. The van der Waals surface area contributed by atoms with E-state index in [0.717, 1.165) is 26.2 Å². The summed E-state index contributed by atoms with van der Waals surface area (Å²) < 4.78 is -0.214. The zero-order chi connectivity index (χ0) is 19.9. The molecular formula is C22H27N2S4-. The van der Waals surface area contributed by atoms with Crippen LogP contribution < -0.4 is 0 Å². The highest BCUT2D eigenvalue weighted by atomic mass is 32.2.